The molecule has 0 aliphatic carbocycles. The highest BCUT2D eigenvalue weighted by Crippen LogP contribution is 2.19. The third-order valence-corrected chi connectivity index (χ3v) is 5.26. The van der Waals surface area contributed by atoms with Gasteiger partial charge < -0.3 is 15.5 Å². The Labute approximate surface area is 146 Å². The fourth-order valence-electron chi connectivity index (χ4n) is 2.13. The van der Waals surface area contributed by atoms with Crippen LogP contribution in [0.5, 0.6) is 0 Å². The number of likely N-dealkylation sites (N-methyl/N-ethyl adjacent to an activating group) is 1. The molecule has 130 valence electrons. The summed E-state index contributed by atoms with van der Waals surface area (Å²) in [5.41, 5.74) is 1.36. The monoisotopic (exact) mass is 336 g/mol. The van der Waals surface area contributed by atoms with E-state index in [0.717, 1.165) is 25.5 Å². The van der Waals surface area contributed by atoms with Crippen molar-refractivity contribution in [2.24, 2.45) is 4.99 Å². The predicted octanol–water partition coefficient (Wildman–Crippen LogP) is 2.47. The number of benzene rings is 1. The molecule has 23 heavy (non-hydrogen) atoms. The van der Waals surface area contributed by atoms with Crippen molar-refractivity contribution in [3.05, 3.63) is 35.9 Å². The number of hydrogen-bond acceptors (Lipinski definition) is 3. The van der Waals surface area contributed by atoms with Gasteiger partial charge in [0.25, 0.3) is 0 Å². The van der Waals surface area contributed by atoms with Gasteiger partial charge in [0.1, 0.15) is 0 Å². The van der Waals surface area contributed by atoms with Crippen LogP contribution >= 0.6 is 11.8 Å². The SMILES string of the molecule is CN=C(NCC(Cc1ccccc1)N(C)C)NCC(C)(C)SC. The molecule has 1 atom stereocenters. The van der Waals surface area contributed by atoms with Crippen LogP contribution in [0.1, 0.15) is 19.4 Å². The van der Waals surface area contributed by atoms with E-state index in [9.17, 15) is 0 Å². The Hall–Kier alpha value is -1.20. The van der Waals surface area contributed by atoms with Gasteiger partial charge in [-0.05, 0) is 46.2 Å². The Kier molecular flexibility index (Phi) is 8.48. The smallest absolute Gasteiger partial charge is 0.191 e. The first-order valence-electron chi connectivity index (χ1n) is 8.08. The van der Waals surface area contributed by atoms with Gasteiger partial charge in [0, 0.05) is 30.9 Å². The summed E-state index contributed by atoms with van der Waals surface area (Å²) in [4.78, 5) is 6.59. The van der Waals surface area contributed by atoms with Gasteiger partial charge in [-0.15, -0.1) is 0 Å². The molecule has 0 aliphatic heterocycles. The number of thioether (sulfide) groups is 1. The molecule has 0 saturated heterocycles. The highest BCUT2D eigenvalue weighted by atomic mass is 32.2. The minimum atomic E-state index is 0.197. The van der Waals surface area contributed by atoms with Crippen molar-refractivity contribution in [2.45, 2.75) is 31.1 Å². The summed E-state index contributed by atoms with van der Waals surface area (Å²) in [6.45, 7) is 6.21. The van der Waals surface area contributed by atoms with E-state index in [1.54, 1.807) is 0 Å². The number of nitrogens with one attached hydrogen (secondary N) is 2. The van der Waals surface area contributed by atoms with Gasteiger partial charge in [0.05, 0.1) is 0 Å². The number of guanidine groups is 1. The number of hydrogen-bond donors (Lipinski definition) is 2. The van der Waals surface area contributed by atoms with Gasteiger partial charge in [-0.3, -0.25) is 4.99 Å². The van der Waals surface area contributed by atoms with E-state index >= 15 is 0 Å². The Balaban J connectivity index is 2.53. The molecule has 2 N–H and O–H groups in total. The standard InChI is InChI=1S/C18H32N4S/c1-18(2,23-6)14-21-17(19-3)20-13-16(22(4)5)12-15-10-8-7-9-11-15/h7-11,16H,12-14H2,1-6H3,(H2,19,20,21). The van der Waals surface area contributed by atoms with E-state index in [1.807, 2.05) is 18.8 Å². The summed E-state index contributed by atoms with van der Waals surface area (Å²) >= 11 is 1.86. The second-order valence-corrected chi connectivity index (χ2v) is 8.09. The van der Waals surface area contributed by atoms with Crippen LogP contribution in [-0.4, -0.2) is 62.1 Å². The molecule has 0 aliphatic rings. The predicted molar refractivity (Wildman–Crippen MR) is 105 cm³/mol. The Bertz CT molecular complexity index is 471. The molecule has 0 fully saturated rings. The van der Waals surface area contributed by atoms with E-state index in [2.05, 4.69) is 85.1 Å². The lowest BCUT2D eigenvalue weighted by Gasteiger charge is -2.27. The van der Waals surface area contributed by atoms with E-state index in [0.29, 0.717) is 6.04 Å². The highest BCUT2D eigenvalue weighted by molar-refractivity contribution is 7.99. The van der Waals surface area contributed by atoms with Crippen molar-refractivity contribution in [1.29, 1.82) is 0 Å². The van der Waals surface area contributed by atoms with Gasteiger partial charge in [-0.25, -0.2) is 0 Å². The third kappa shape index (κ3) is 7.75. The number of rotatable bonds is 8. The molecular formula is C18H32N4S. The van der Waals surface area contributed by atoms with E-state index in [-0.39, 0.29) is 4.75 Å². The molecular weight excluding hydrogens is 304 g/mol. The number of nitrogens with zero attached hydrogens (tertiary/aromatic N) is 2. The maximum atomic E-state index is 4.33. The van der Waals surface area contributed by atoms with E-state index in [1.165, 1.54) is 5.56 Å². The molecule has 1 unspecified atom stereocenters. The van der Waals surface area contributed by atoms with Crippen LogP contribution in [0.2, 0.25) is 0 Å². The van der Waals surface area contributed by atoms with Crippen molar-refractivity contribution in [3.8, 4) is 0 Å². The lowest BCUT2D eigenvalue weighted by atomic mass is 10.1. The molecule has 0 bridgehead atoms. The summed E-state index contributed by atoms with van der Waals surface area (Å²) in [6, 6.07) is 11.0. The number of aliphatic imine (C=N–C) groups is 1. The first-order valence-corrected chi connectivity index (χ1v) is 9.30. The second kappa shape index (κ2) is 9.83. The molecule has 0 amide bonds. The maximum absolute atomic E-state index is 4.33. The van der Waals surface area contributed by atoms with E-state index < -0.39 is 0 Å². The Morgan fingerprint density at radius 2 is 1.87 bits per heavy atom. The molecule has 0 spiro atoms. The van der Waals surface area contributed by atoms with Crippen molar-refractivity contribution < 1.29 is 0 Å². The zero-order chi connectivity index (χ0) is 17.3. The topological polar surface area (TPSA) is 39.7 Å². The summed E-state index contributed by atoms with van der Waals surface area (Å²) in [5.74, 6) is 0.868. The summed E-state index contributed by atoms with van der Waals surface area (Å²) < 4.78 is 0.197. The molecule has 0 aromatic heterocycles. The van der Waals surface area contributed by atoms with E-state index in [4.69, 9.17) is 0 Å². The summed E-state index contributed by atoms with van der Waals surface area (Å²) in [7, 11) is 6.08. The normalized spacial score (nSPS) is 14.0. The summed E-state index contributed by atoms with van der Waals surface area (Å²) in [5, 5.41) is 6.87. The second-order valence-electron chi connectivity index (χ2n) is 6.58. The lowest BCUT2D eigenvalue weighted by Crippen LogP contribution is -2.48. The fourth-order valence-corrected chi connectivity index (χ4v) is 2.34. The molecule has 5 heteroatoms. The lowest BCUT2D eigenvalue weighted by molar-refractivity contribution is 0.290. The zero-order valence-corrected chi connectivity index (χ0v) is 16.2. The first-order chi connectivity index (χ1) is 10.9. The van der Waals surface area contributed by atoms with Crippen molar-refractivity contribution >= 4 is 17.7 Å². The van der Waals surface area contributed by atoms with Gasteiger partial charge in [-0.2, -0.15) is 11.8 Å². The van der Waals surface area contributed by atoms with Crippen LogP contribution in [0.15, 0.2) is 35.3 Å². The minimum Gasteiger partial charge on any atom is -0.355 e. The molecule has 0 saturated carbocycles. The van der Waals surface area contributed by atoms with Crippen molar-refractivity contribution in [3.63, 3.8) is 0 Å². The first kappa shape index (κ1) is 19.8. The zero-order valence-electron chi connectivity index (χ0n) is 15.4. The van der Waals surface area contributed by atoms with Gasteiger partial charge >= 0.3 is 0 Å². The Morgan fingerprint density at radius 3 is 2.39 bits per heavy atom. The average molecular weight is 337 g/mol. The van der Waals surface area contributed by atoms with Gasteiger partial charge in [0.2, 0.25) is 0 Å². The molecule has 1 aromatic rings. The van der Waals surface area contributed by atoms with Crippen molar-refractivity contribution in [1.82, 2.24) is 15.5 Å². The van der Waals surface area contributed by atoms with Crippen LogP contribution < -0.4 is 10.6 Å². The van der Waals surface area contributed by atoms with Gasteiger partial charge in [-0.1, -0.05) is 30.3 Å². The molecule has 0 heterocycles. The molecule has 1 rings (SSSR count). The van der Waals surface area contributed by atoms with Crippen molar-refractivity contribution in [2.75, 3.05) is 40.5 Å². The van der Waals surface area contributed by atoms with Crippen LogP contribution in [0.3, 0.4) is 0 Å². The Morgan fingerprint density at radius 1 is 1.22 bits per heavy atom. The average Bonchev–Trinajstić information content (AvgIpc) is 2.54. The fraction of sp³-hybridized carbons (Fsp3) is 0.611. The van der Waals surface area contributed by atoms with Crippen LogP contribution in [0.25, 0.3) is 0 Å². The van der Waals surface area contributed by atoms with Crippen LogP contribution in [0, 0.1) is 0 Å². The third-order valence-electron chi connectivity index (χ3n) is 4.01. The van der Waals surface area contributed by atoms with Crippen LogP contribution in [0.4, 0.5) is 0 Å². The molecule has 0 radical (unpaired) electrons. The van der Waals surface area contributed by atoms with Gasteiger partial charge in [0.15, 0.2) is 5.96 Å². The largest absolute Gasteiger partial charge is 0.355 e. The highest BCUT2D eigenvalue weighted by Gasteiger charge is 2.17. The van der Waals surface area contributed by atoms with Crippen LogP contribution in [-0.2, 0) is 6.42 Å². The summed E-state index contributed by atoms with van der Waals surface area (Å²) in [6.07, 6.45) is 3.16. The maximum Gasteiger partial charge on any atom is 0.191 e. The molecule has 1 aromatic carbocycles. The molecule has 4 nitrogen and oxygen atoms in total. The minimum absolute atomic E-state index is 0.197. The quantitative estimate of drug-likeness (QED) is 0.565.